The van der Waals surface area contributed by atoms with E-state index < -0.39 is 0 Å². The number of rotatable bonds is 7. The minimum absolute atomic E-state index is 0.0587. The minimum atomic E-state index is 0.0587. The first-order valence-corrected chi connectivity index (χ1v) is 9.29. The molecule has 4 nitrogen and oxygen atoms in total. The van der Waals surface area contributed by atoms with Gasteiger partial charge in [0, 0.05) is 11.1 Å². The zero-order chi connectivity index (χ0) is 17.6. The third-order valence-electron chi connectivity index (χ3n) is 3.81. The highest BCUT2D eigenvalue weighted by Crippen LogP contribution is 2.24. The molecular formula is C20H20N2O2S. The van der Waals surface area contributed by atoms with Gasteiger partial charge in [0.1, 0.15) is 0 Å². The lowest BCUT2D eigenvalue weighted by Gasteiger charge is -2.02. The van der Waals surface area contributed by atoms with Crippen LogP contribution in [-0.2, 0) is 6.42 Å². The van der Waals surface area contributed by atoms with Gasteiger partial charge in [-0.1, -0.05) is 67.1 Å². The number of nitrogens with zero attached hydrogens (tertiary/aromatic N) is 2. The standard InChI is InChI=1S/C20H20N2O2S/c1-3-5-15-8-10-16(11-9-15)18(23)13-25-20-22-21-19(24-20)17-7-4-6-14(2)12-17/h4,6-12H,3,5,13H2,1-2H3. The van der Waals surface area contributed by atoms with Crippen LogP contribution in [0.2, 0.25) is 0 Å². The number of hydrogen-bond donors (Lipinski definition) is 0. The van der Waals surface area contributed by atoms with E-state index in [4.69, 9.17) is 4.42 Å². The molecule has 1 aromatic heterocycles. The molecule has 0 aliphatic heterocycles. The summed E-state index contributed by atoms with van der Waals surface area (Å²) in [4.78, 5) is 12.3. The number of carbonyl (C=O) groups excluding carboxylic acids is 1. The fourth-order valence-corrected chi connectivity index (χ4v) is 3.18. The molecule has 0 bridgehead atoms. The number of carbonyl (C=O) groups is 1. The summed E-state index contributed by atoms with van der Waals surface area (Å²) in [5.74, 6) is 0.814. The lowest BCUT2D eigenvalue weighted by Crippen LogP contribution is -2.02. The normalized spacial score (nSPS) is 10.8. The van der Waals surface area contributed by atoms with Crippen LogP contribution < -0.4 is 0 Å². The molecule has 0 radical (unpaired) electrons. The van der Waals surface area contributed by atoms with E-state index in [9.17, 15) is 4.79 Å². The van der Waals surface area contributed by atoms with Gasteiger partial charge >= 0.3 is 0 Å². The van der Waals surface area contributed by atoms with Gasteiger partial charge in [0.05, 0.1) is 5.75 Å². The fraction of sp³-hybridized carbons (Fsp3) is 0.250. The van der Waals surface area contributed by atoms with Gasteiger partial charge in [-0.3, -0.25) is 4.79 Å². The molecular weight excluding hydrogens is 332 g/mol. The molecule has 1 heterocycles. The molecule has 0 aliphatic carbocycles. The van der Waals surface area contributed by atoms with E-state index in [-0.39, 0.29) is 11.5 Å². The molecule has 0 saturated heterocycles. The van der Waals surface area contributed by atoms with Crippen LogP contribution in [-0.4, -0.2) is 21.7 Å². The Hall–Kier alpha value is -2.40. The molecule has 5 heteroatoms. The molecule has 0 fully saturated rings. The van der Waals surface area contributed by atoms with Crippen LogP contribution in [0.15, 0.2) is 58.2 Å². The van der Waals surface area contributed by atoms with E-state index >= 15 is 0 Å². The summed E-state index contributed by atoms with van der Waals surface area (Å²) in [5.41, 5.74) is 3.99. The number of aryl methyl sites for hydroxylation is 2. The Labute approximate surface area is 151 Å². The molecule has 3 rings (SSSR count). The van der Waals surface area contributed by atoms with Gasteiger partial charge in [0.2, 0.25) is 5.89 Å². The van der Waals surface area contributed by atoms with Gasteiger partial charge in [-0.15, -0.1) is 10.2 Å². The molecule has 3 aromatic rings. The summed E-state index contributed by atoms with van der Waals surface area (Å²) in [5, 5.41) is 8.49. The van der Waals surface area contributed by atoms with Gasteiger partial charge in [-0.2, -0.15) is 0 Å². The highest BCUT2D eigenvalue weighted by atomic mass is 32.2. The van der Waals surface area contributed by atoms with Crippen molar-refractivity contribution in [1.82, 2.24) is 10.2 Å². The molecule has 0 aliphatic rings. The topological polar surface area (TPSA) is 56.0 Å². The van der Waals surface area contributed by atoms with Crippen molar-refractivity contribution in [3.05, 3.63) is 65.2 Å². The molecule has 2 aromatic carbocycles. The van der Waals surface area contributed by atoms with Crippen LogP contribution in [0.4, 0.5) is 0 Å². The van der Waals surface area contributed by atoms with Crippen LogP contribution in [0, 0.1) is 6.92 Å². The van der Waals surface area contributed by atoms with Crippen LogP contribution >= 0.6 is 11.8 Å². The molecule has 0 spiro atoms. The van der Waals surface area contributed by atoms with Gasteiger partial charge in [-0.25, -0.2) is 0 Å². The SMILES string of the molecule is CCCc1ccc(C(=O)CSc2nnc(-c3cccc(C)c3)o2)cc1. The lowest BCUT2D eigenvalue weighted by atomic mass is 10.1. The maximum atomic E-state index is 12.3. The van der Waals surface area contributed by atoms with Crippen LogP contribution in [0.1, 0.15) is 34.8 Å². The van der Waals surface area contributed by atoms with Gasteiger partial charge in [0.25, 0.3) is 5.22 Å². The van der Waals surface area contributed by atoms with E-state index in [2.05, 4.69) is 17.1 Å². The molecule has 0 amide bonds. The summed E-state index contributed by atoms with van der Waals surface area (Å²) in [6, 6.07) is 15.7. The number of Topliss-reactive ketones (excluding diaryl/α,β-unsaturated/α-hetero) is 1. The van der Waals surface area contributed by atoms with Gasteiger partial charge < -0.3 is 4.42 Å². The van der Waals surface area contributed by atoms with Crippen LogP contribution in [0.25, 0.3) is 11.5 Å². The molecule has 25 heavy (non-hydrogen) atoms. The van der Waals surface area contributed by atoms with Crippen molar-refractivity contribution in [2.75, 3.05) is 5.75 Å². The monoisotopic (exact) mass is 352 g/mol. The minimum Gasteiger partial charge on any atom is -0.411 e. The Morgan fingerprint density at radius 3 is 2.64 bits per heavy atom. The van der Waals surface area contributed by atoms with E-state index in [1.165, 1.54) is 17.3 Å². The third kappa shape index (κ3) is 4.57. The quantitative estimate of drug-likeness (QED) is 0.444. The van der Waals surface area contributed by atoms with Gasteiger partial charge in [0.15, 0.2) is 5.78 Å². The molecule has 0 N–H and O–H groups in total. The first kappa shape index (κ1) is 17.4. The van der Waals surface area contributed by atoms with Crippen molar-refractivity contribution in [2.24, 2.45) is 0 Å². The number of benzene rings is 2. The Morgan fingerprint density at radius 2 is 1.92 bits per heavy atom. The molecule has 0 unspecified atom stereocenters. The largest absolute Gasteiger partial charge is 0.411 e. The van der Waals surface area contributed by atoms with E-state index in [1.54, 1.807) is 0 Å². The first-order valence-electron chi connectivity index (χ1n) is 8.31. The summed E-state index contributed by atoms with van der Waals surface area (Å²) in [6.45, 7) is 4.16. The Balaban J connectivity index is 1.61. The second-order valence-electron chi connectivity index (χ2n) is 5.90. The zero-order valence-electron chi connectivity index (χ0n) is 14.4. The summed E-state index contributed by atoms with van der Waals surface area (Å²) in [6.07, 6.45) is 2.14. The highest BCUT2D eigenvalue weighted by Gasteiger charge is 2.12. The lowest BCUT2D eigenvalue weighted by molar-refractivity contribution is 0.102. The molecule has 0 saturated carbocycles. The zero-order valence-corrected chi connectivity index (χ0v) is 15.2. The van der Waals surface area contributed by atoms with Gasteiger partial charge in [-0.05, 0) is 31.0 Å². The predicted octanol–water partition coefficient (Wildman–Crippen LogP) is 4.97. The average Bonchev–Trinajstić information content (AvgIpc) is 3.10. The van der Waals surface area contributed by atoms with E-state index in [0.29, 0.717) is 16.7 Å². The average molecular weight is 352 g/mol. The smallest absolute Gasteiger partial charge is 0.277 e. The number of aromatic nitrogens is 2. The van der Waals surface area contributed by atoms with Crippen molar-refractivity contribution >= 4 is 17.5 Å². The Bertz CT molecular complexity index is 856. The van der Waals surface area contributed by atoms with Crippen molar-refractivity contribution in [3.8, 4) is 11.5 Å². The molecule has 0 atom stereocenters. The maximum Gasteiger partial charge on any atom is 0.277 e. The van der Waals surface area contributed by atoms with Crippen molar-refractivity contribution in [3.63, 3.8) is 0 Å². The maximum absolute atomic E-state index is 12.3. The highest BCUT2D eigenvalue weighted by molar-refractivity contribution is 7.99. The van der Waals surface area contributed by atoms with Crippen LogP contribution in [0.3, 0.4) is 0 Å². The summed E-state index contributed by atoms with van der Waals surface area (Å²) < 4.78 is 5.65. The number of thioether (sulfide) groups is 1. The predicted molar refractivity (Wildman–Crippen MR) is 100.0 cm³/mol. The van der Waals surface area contributed by atoms with Crippen molar-refractivity contribution < 1.29 is 9.21 Å². The van der Waals surface area contributed by atoms with E-state index in [0.717, 1.165) is 24.0 Å². The fourth-order valence-electron chi connectivity index (χ4n) is 2.52. The third-order valence-corrected chi connectivity index (χ3v) is 4.63. The Kier molecular flexibility index (Phi) is 5.66. The number of hydrogen-bond acceptors (Lipinski definition) is 5. The van der Waals surface area contributed by atoms with Crippen LogP contribution in [0.5, 0.6) is 0 Å². The number of ketones is 1. The first-order chi connectivity index (χ1) is 12.2. The second-order valence-corrected chi connectivity index (χ2v) is 6.83. The second kappa shape index (κ2) is 8.12. The Morgan fingerprint density at radius 1 is 1.12 bits per heavy atom. The van der Waals surface area contributed by atoms with Crippen molar-refractivity contribution in [2.45, 2.75) is 31.9 Å². The summed E-state index contributed by atoms with van der Waals surface area (Å²) >= 11 is 1.27. The van der Waals surface area contributed by atoms with Crippen molar-refractivity contribution in [1.29, 1.82) is 0 Å². The van der Waals surface area contributed by atoms with E-state index in [1.807, 2.05) is 55.5 Å². The molecule has 128 valence electrons. The summed E-state index contributed by atoms with van der Waals surface area (Å²) in [7, 11) is 0.